The van der Waals surface area contributed by atoms with Gasteiger partial charge in [-0.2, -0.15) is 0 Å². The molecule has 232 valence electrons. The zero-order chi connectivity index (χ0) is 30.9. The van der Waals surface area contributed by atoms with Crippen LogP contribution in [-0.2, 0) is 27.4 Å². The molecule has 6 nitrogen and oxygen atoms in total. The van der Waals surface area contributed by atoms with Crippen molar-refractivity contribution in [3.05, 3.63) is 108 Å². The Balaban J connectivity index is 1.20. The van der Waals surface area contributed by atoms with Crippen molar-refractivity contribution in [1.82, 2.24) is 4.90 Å². The zero-order valence-corrected chi connectivity index (χ0v) is 27.0. The van der Waals surface area contributed by atoms with Gasteiger partial charge in [0.15, 0.2) is 0 Å². The number of piperidine rings is 1. The molecule has 0 radical (unpaired) electrons. The van der Waals surface area contributed by atoms with Crippen LogP contribution in [0.1, 0.15) is 49.8 Å². The van der Waals surface area contributed by atoms with E-state index >= 15 is 0 Å². The lowest BCUT2D eigenvalue weighted by Gasteiger charge is -2.39. The van der Waals surface area contributed by atoms with Crippen LogP contribution in [0.15, 0.2) is 95.9 Å². The number of ether oxygens (including phenoxy) is 4. The van der Waals surface area contributed by atoms with Crippen molar-refractivity contribution < 1.29 is 23.7 Å². The van der Waals surface area contributed by atoms with Gasteiger partial charge in [-0.3, -0.25) is 0 Å². The highest BCUT2D eigenvalue weighted by Gasteiger charge is 2.35. The Hall–Kier alpha value is -3.52. The van der Waals surface area contributed by atoms with Crippen LogP contribution in [-0.4, -0.2) is 55.3 Å². The SMILES string of the molecule is CSc1ccccc1COCCOc1ccc(C2CCN(C(=O)OC(C)(C)C)CC2OCc2ccc3ccccc3c2)cc1. The molecular formula is C37H43NO5S. The van der Waals surface area contributed by atoms with Gasteiger partial charge >= 0.3 is 6.09 Å². The molecule has 0 aliphatic carbocycles. The smallest absolute Gasteiger partial charge is 0.410 e. The first kappa shape index (κ1) is 31.9. The van der Waals surface area contributed by atoms with Gasteiger partial charge in [-0.1, -0.05) is 66.7 Å². The zero-order valence-electron chi connectivity index (χ0n) is 26.2. The van der Waals surface area contributed by atoms with Crippen LogP contribution in [0.3, 0.4) is 0 Å². The third kappa shape index (κ3) is 8.78. The maximum Gasteiger partial charge on any atom is 0.410 e. The van der Waals surface area contributed by atoms with Crippen molar-refractivity contribution in [2.45, 2.75) is 62.9 Å². The number of rotatable bonds is 11. The van der Waals surface area contributed by atoms with Crippen LogP contribution >= 0.6 is 11.8 Å². The second-order valence-corrected chi connectivity index (χ2v) is 13.0. The summed E-state index contributed by atoms with van der Waals surface area (Å²) in [7, 11) is 0. The van der Waals surface area contributed by atoms with E-state index in [9.17, 15) is 4.79 Å². The monoisotopic (exact) mass is 613 g/mol. The normalized spacial score (nSPS) is 17.0. The Morgan fingerprint density at radius 1 is 0.886 bits per heavy atom. The first-order chi connectivity index (χ1) is 21.3. The van der Waals surface area contributed by atoms with E-state index in [-0.39, 0.29) is 18.1 Å². The van der Waals surface area contributed by atoms with Gasteiger partial charge in [0.1, 0.15) is 18.0 Å². The Kier molecular flexibility index (Phi) is 10.9. The van der Waals surface area contributed by atoms with Gasteiger partial charge in [0, 0.05) is 17.4 Å². The summed E-state index contributed by atoms with van der Waals surface area (Å²) >= 11 is 1.73. The number of carbonyl (C=O) groups excluding carboxylic acids is 1. The third-order valence-corrected chi connectivity index (χ3v) is 8.58. The number of hydrogen-bond acceptors (Lipinski definition) is 6. The predicted molar refractivity (Wildman–Crippen MR) is 178 cm³/mol. The minimum atomic E-state index is -0.546. The molecule has 2 atom stereocenters. The maximum atomic E-state index is 12.9. The Morgan fingerprint density at radius 3 is 2.41 bits per heavy atom. The van der Waals surface area contributed by atoms with Crippen molar-refractivity contribution in [1.29, 1.82) is 0 Å². The van der Waals surface area contributed by atoms with Gasteiger partial charge in [0.25, 0.3) is 0 Å². The third-order valence-electron chi connectivity index (χ3n) is 7.74. The molecule has 1 aliphatic rings. The number of thioether (sulfide) groups is 1. The van der Waals surface area contributed by atoms with Crippen LogP contribution < -0.4 is 4.74 Å². The lowest BCUT2D eigenvalue weighted by atomic mass is 9.87. The van der Waals surface area contributed by atoms with Gasteiger partial charge in [-0.15, -0.1) is 11.8 Å². The molecule has 2 unspecified atom stereocenters. The minimum absolute atomic E-state index is 0.142. The number of amides is 1. The van der Waals surface area contributed by atoms with Crippen molar-refractivity contribution >= 4 is 28.6 Å². The number of likely N-dealkylation sites (tertiary alicyclic amines) is 1. The molecule has 0 aromatic heterocycles. The summed E-state index contributed by atoms with van der Waals surface area (Å²) in [5.41, 5.74) is 2.93. The summed E-state index contributed by atoms with van der Waals surface area (Å²) in [5, 5.41) is 2.40. The molecule has 1 aliphatic heterocycles. The highest BCUT2D eigenvalue weighted by molar-refractivity contribution is 7.98. The quantitative estimate of drug-likeness (QED) is 0.125. The van der Waals surface area contributed by atoms with E-state index in [1.165, 1.54) is 26.8 Å². The van der Waals surface area contributed by atoms with E-state index in [0.717, 1.165) is 17.7 Å². The van der Waals surface area contributed by atoms with Crippen LogP contribution in [0.4, 0.5) is 4.79 Å². The molecule has 44 heavy (non-hydrogen) atoms. The van der Waals surface area contributed by atoms with E-state index in [0.29, 0.717) is 39.5 Å². The number of benzene rings is 4. The lowest BCUT2D eigenvalue weighted by Crippen LogP contribution is -2.48. The fourth-order valence-electron chi connectivity index (χ4n) is 5.52. The van der Waals surface area contributed by atoms with Crippen LogP contribution in [0.2, 0.25) is 0 Å². The number of nitrogens with zero attached hydrogens (tertiary/aromatic N) is 1. The van der Waals surface area contributed by atoms with E-state index in [2.05, 4.69) is 66.9 Å². The number of fused-ring (bicyclic) bond motifs is 1. The van der Waals surface area contributed by atoms with Gasteiger partial charge in [0.2, 0.25) is 0 Å². The molecule has 7 heteroatoms. The summed E-state index contributed by atoms with van der Waals surface area (Å²) in [4.78, 5) is 16.0. The molecule has 0 N–H and O–H groups in total. The van der Waals surface area contributed by atoms with E-state index in [1.807, 2.05) is 51.1 Å². The lowest BCUT2D eigenvalue weighted by molar-refractivity contribution is -0.0359. The van der Waals surface area contributed by atoms with Gasteiger partial charge < -0.3 is 23.8 Å². The molecule has 1 saturated heterocycles. The number of hydrogen-bond donors (Lipinski definition) is 0. The van der Waals surface area contributed by atoms with Crippen molar-refractivity contribution in [3.63, 3.8) is 0 Å². The fourth-order valence-corrected chi connectivity index (χ4v) is 6.13. The molecule has 1 amide bonds. The standard InChI is InChI=1S/C37H43NO5S/c1-37(2,3)43-36(39)38-20-19-33(34(24-38)42-25-27-13-14-28-9-5-6-10-30(28)23-27)29-15-17-32(18-16-29)41-22-21-40-26-31-11-7-8-12-35(31)44-4/h5-18,23,33-34H,19-22,24-26H2,1-4H3. The summed E-state index contributed by atoms with van der Waals surface area (Å²) in [6.45, 7) is 8.81. The highest BCUT2D eigenvalue weighted by atomic mass is 32.2. The minimum Gasteiger partial charge on any atom is -0.491 e. The van der Waals surface area contributed by atoms with E-state index < -0.39 is 5.60 Å². The molecule has 0 bridgehead atoms. The molecular weight excluding hydrogens is 570 g/mol. The van der Waals surface area contributed by atoms with Crippen molar-refractivity contribution in [3.8, 4) is 5.75 Å². The topological polar surface area (TPSA) is 57.2 Å². The predicted octanol–water partition coefficient (Wildman–Crippen LogP) is 8.47. The summed E-state index contributed by atoms with van der Waals surface area (Å²) < 4.78 is 24.1. The molecule has 0 saturated carbocycles. The van der Waals surface area contributed by atoms with Crippen LogP contribution in [0.25, 0.3) is 10.8 Å². The molecule has 1 heterocycles. The Labute approximate surface area is 265 Å². The molecule has 5 rings (SSSR count). The Morgan fingerprint density at radius 2 is 1.64 bits per heavy atom. The largest absolute Gasteiger partial charge is 0.491 e. The summed E-state index contributed by atoms with van der Waals surface area (Å²) in [6, 6.07) is 31.3. The van der Waals surface area contributed by atoms with Crippen molar-refractivity contribution in [2.75, 3.05) is 32.6 Å². The molecule has 1 fully saturated rings. The molecule has 0 spiro atoms. The summed E-state index contributed by atoms with van der Waals surface area (Å²) in [5.74, 6) is 0.949. The second kappa shape index (κ2) is 15.0. The second-order valence-electron chi connectivity index (χ2n) is 12.1. The van der Waals surface area contributed by atoms with E-state index in [1.54, 1.807) is 16.7 Å². The summed E-state index contributed by atoms with van der Waals surface area (Å²) in [6.07, 6.45) is 2.40. The van der Waals surface area contributed by atoms with Gasteiger partial charge in [-0.05, 0) is 85.2 Å². The van der Waals surface area contributed by atoms with Gasteiger partial charge in [-0.25, -0.2) is 4.79 Å². The highest BCUT2D eigenvalue weighted by Crippen LogP contribution is 2.33. The van der Waals surface area contributed by atoms with Crippen LogP contribution in [0, 0.1) is 0 Å². The average Bonchev–Trinajstić information content (AvgIpc) is 3.03. The van der Waals surface area contributed by atoms with Gasteiger partial charge in [0.05, 0.1) is 32.5 Å². The van der Waals surface area contributed by atoms with Crippen molar-refractivity contribution in [2.24, 2.45) is 0 Å². The first-order valence-corrected chi connectivity index (χ1v) is 16.5. The molecule has 4 aromatic carbocycles. The maximum absolute atomic E-state index is 12.9. The fraction of sp³-hybridized carbons (Fsp3) is 0.378. The van der Waals surface area contributed by atoms with E-state index in [4.69, 9.17) is 18.9 Å². The average molecular weight is 614 g/mol. The first-order valence-electron chi connectivity index (χ1n) is 15.3. The van der Waals surface area contributed by atoms with Crippen LogP contribution in [0.5, 0.6) is 5.75 Å². The number of carbonyl (C=O) groups is 1. The Bertz CT molecular complexity index is 1520. The molecule has 4 aromatic rings.